The van der Waals surface area contributed by atoms with Crippen LogP contribution in [0, 0.1) is 0 Å². The lowest BCUT2D eigenvalue weighted by molar-refractivity contribution is -0.122. The van der Waals surface area contributed by atoms with Gasteiger partial charge in [0.25, 0.3) is 0 Å². The molecule has 2 N–H and O–H groups in total. The van der Waals surface area contributed by atoms with Gasteiger partial charge in [0, 0.05) is 13.1 Å². The van der Waals surface area contributed by atoms with Gasteiger partial charge in [-0.2, -0.15) is 0 Å². The van der Waals surface area contributed by atoms with Gasteiger partial charge < -0.3 is 15.5 Å². The smallest absolute Gasteiger partial charge is 0.237 e. The van der Waals surface area contributed by atoms with E-state index in [4.69, 9.17) is 0 Å². The number of hydrogen-bond acceptors (Lipinski definition) is 3. The lowest BCUT2D eigenvalue weighted by Crippen LogP contribution is -2.44. The van der Waals surface area contributed by atoms with Crippen LogP contribution in [0.25, 0.3) is 0 Å². The highest BCUT2D eigenvalue weighted by Crippen LogP contribution is 2.07. The molecule has 16 heavy (non-hydrogen) atoms. The van der Waals surface area contributed by atoms with E-state index in [0.717, 1.165) is 32.5 Å². The third kappa shape index (κ3) is 3.46. The van der Waals surface area contributed by atoms with Crippen molar-refractivity contribution in [3.63, 3.8) is 0 Å². The van der Waals surface area contributed by atoms with Crippen LogP contribution >= 0.6 is 0 Å². The maximum absolute atomic E-state index is 11.7. The van der Waals surface area contributed by atoms with Gasteiger partial charge in [-0.1, -0.05) is 6.42 Å². The minimum absolute atomic E-state index is 0.0707. The van der Waals surface area contributed by atoms with E-state index in [0.29, 0.717) is 0 Å². The Labute approximate surface area is 97.8 Å². The largest absolute Gasteiger partial charge is 0.353 e. The first-order chi connectivity index (χ1) is 7.86. The summed E-state index contributed by atoms with van der Waals surface area (Å²) in [5.74, 6) is 0.189. The van der Waals surface area contributed by atoms with Crippen LogP contribution < -0.4 is 10.6 Å². The quantitative estimate of drug-likeness (QED) is 0.725. The van der Waals surface area contributed by atoms with E-state index in [1.165, 1.54) is 32.4 Å². The number of likely N-dealkylation sites (tertiary alicyclic amines) is 1. The Morgan fingerprint density at radius 3 is 2.75 bits per heavy atom. The van der Waals surface area contributed by atoms with E-state index in [9.17, 15) is 4.79 Å². The molecule has 2 fully saturated rings. The van der Waals surface area contributed by atoms with Crippen molar-refractivity contribution in [1.82, 2.24) is 15.5 Å². The highest BCUT2D eigenvalue weighted by atomic mass is 16.2. The molecular formula is C12H23N3O. The first-order valence-corrected chi connectivity index (χ1v) is 6.60. The highest BCUT2D eigenvalue weighted by molar-refractivity contribution is 5.81. The number of carbonyl (C=O) groups is 1. The van der Waals surface area contributed by atoms with Gasteiger partial charge in [-0.25, -0.2) is 0 Å². The van der Waals surface area contributed by atoms with Gasteiger partial charge >= 0.3 is 0 Å². The molecule has 4 nitrogen and oxygen atoms in total. The lowest BCUT2D eigenvalue weighted by atomic mass is 10.1. The molecule has 0 aromatic rings. The van der Waals surface area contributed by atoms with Crippen molar-refractivity contribution < 1.29 is 4.79 Å². The molecule has 2 saturated heterocycles. The van der Waals surface area contributed by atoms with Gasteiger partial charge in [0.05, 0.1) is 6.04 Å². The monoisotopic (exact) mass is 225 g/mol. The number of nitrogens with zero attached hydrogens (tertiary/aromatic N) is 1. The summed E-state index contributed by atoms with van der Waals surface area (Å²) in [6.45, 7) is 5.22. The molecule has 0 bridgehead atoms. The lowest BCUT2D eigenvalue weighted by Gasteiger charge is -2.26. The van der Waals surface area contributed by atoms with Gasteiger partial charge in [-0.3, -0.25) is 4.79 Å². The SMILES string of the molecule is O=C(NCCN1CCCCC1)[C@@H]1CCCN1. The predicted molar refractivity (Wildman–Crippen MR) is 64.3 cm³/mol. The number of hydrogen-bond donors (Lipinski definition) is 2. The first-order valence-electron chi connectivity index (χ1n) is 6.60. The second kappa shape index (κ2) is 6.21. The fourth-order valence-corrected chi connectivity index (χ4v) is 2.55. The summed E-state index contributed by atoms with van der Waals surface area (Å²) in [5.41, 5.74) is 0. The first kappa shape index (κ1) is 11.9. The van der Waals surface area contributed by atoms with Crippen molar-refractivity contribution >= 4 is 5.91 Å². The average Bonchev–Trinajstić information content (AvgIpc) is 2.84. The molecule has 2 rings (SSSR count). The fraction of sp³-hybridized carbons (Fsp3) is 0.917. The molecule has 0 spiro atoms. The summed E-state index contributed by atoms with van der Waals surface area (Å²) >= 11 is 0. The van der Waals surface area contributed by atoms with E-state index < -0.39 is 0 Å². The van der Waals surface area contributed by atoms with Crippen LogP contribution in [0.3, 0.4) is 0 Å². The maximum atomic E-state index is 11.7. The topological polar surface area (TPSA) is 44.4 Å². The number of piperidine rings is 1. The van der Waals surface area contributed by atoms with Crippen LogP contribution in [0.4, 0.5) is 0 Å². The van der Waals surface area contributed by atoms with Crippen LogP contribution in [0.15, 0.2) is 0 Å². The average molecular weight is 225 g/mol. The highest BCUT2D eigenvalue weighted by Gasteiger charge is 2.21. The molecule has 2 heterocycles. The van der Waals surface area contributed by atoms with E-state index in [2.05, 4.69) is 15.5 Å². The number of carbonyl (C=O) groups excluding carboxylic acids is 1. The van der Waals surface area contributed by atoms with Gasteiger partial charge in [-0.05, 0) is 45.3 Å². The molecule has 0 unspecified atom stereocenters. The van der Waals surface area contributed by atoms with Crippen molar-refractivity contribution in [2.24, 2.45) is 0 Å². The Bertz CT molecular complexity index is 220. The number of amides is 1. The van der Waals surface area contributed by atoms with Crippen LogP contribution in [0.2, 0.25) is 0 Å². The van der Waals surface area contributed by atoms with Gasteiger partial charge in [-0.15, -0.1) is 0 Å². The Balaban J connectivity index is 1.57. The molecular weight excluding hydrogens is 202 g/mol. The molecule has 0 aromatic carbocycles. The van der Waals surface area contributed by atoms with Crippen molar-refractivity contribution in [2.45, 2.75) is 38.1 Å². The molecule has 92 valence electrons. The normalized spacial score (nSPS) is 26.9. The van der Waals surface area contributed by atoms with Crippen LogP contribution in [0.1, 0.15) is 32.1 Å². The fourth-order valence-electron chi connectivity index (χ4n) is 2.55. The van der Waals surface area contributed by atoms with E-state index in [-0.39, 0.29) is 11.9 Å². The molecule has 0 aromatic heterocycles. The van der Waals surface area contributed by atoms with Crippen LogP contribution in [0.5, 0.6) is 0 Å². The molecule has 0 saturated carbocycles. The summed E-state index contributed by atoms with van der Waals surface area (Å²) in [5, 5.41) is 6.25. The molecule has 2 aliphatic rings. The third-order valence-electron chi connectivity index (χ3n) is 3.55. The van der Waals surface area contributed by atoms with E-state index >= 15 is 0 Å². The minimum Gasteiger partial charge on any atom is -0.353 e. The third-order valence-corrected chi connectivity index (χ3v) is 3.55. The Morgan fingerprint density at radius 1 is 1.25 bits per heavy atom. The molecule has 4 heteroatoms. The zero-order valence-corrected chi connectivity index (χ0v) is 10.0. The molecule has 2 aliphatic heterocycles. The summed E-state index contributed by atoms with van der Waals surface area (Å²) in [4.78, 5) is 14.1. The Hall–Kier alpha value is -0.610. The second-order valence-corrected chi connectivity index (χ2v) is 4.84. The summed E-state index contributed by atoms with van der Waals surface area (Å²) in [6.07, 6.45) is 6.13. The Kier molecular flexibility index (Phi) is 4.60. The second-order valence-electron chi connectivity index (χ2n) is 4.84. The molecule has 1 atom stereocenters. The minimum atomic E-state index is 0.0707. The van der Waals surface area contributed by atoms with Crippen LogP contribution in [-0.2, 0) is 4.79 Å². The van der Waals surface area contributed by atoms with Gasteiger partial charge in [0.15, 0.2) is 0 Å². The zero-order chi connectivity index (χ0) is 11.2. The maximum Gasteiger partial charge on any atom is 0.237 e. The molecule has 0 aliphatic carbocycles. The Morgan fingerprint density at radius 2 is 2.06 bits per heavy atom. The van der Waals surface area contributed by atoms with Crippen molar-refractivity contribution in [3.05, 3.63) is 0 Å². The van der Waals surface area contributed by atoms with E-state index in [1.54, 1.807) is 0 Å². The van der Waals surface area contributed by atoms with Gasteiger partial charge in [0.2, 0.25) is 5.91 Å². The van der Waals surface area contributed by atoms with Crippen molar-refractivity contribution in [2.75, 3.05) is 32.7 Å². The standard InChI is InChI=1S/C12H23N3O/c16-12(11-5-4-6-13-11)14-7-10-15-8-2-1-3-9-15/h11,13H,1-10H2,(H,14,16)/t11-/m0/s1. The van der Waals surface area contributed by atoms with Crippen LogP contribution in [-0.4, -0.2) is 49.6 Å². The number of rotatable bonds is 4. The van der Waals surface area contributed by atoms with Crippen molar-refractivity contribution in [3.8, 4) is 0 Å². The summed E-state index contributed by atoms with van der Waals surface area (Å²) in [7, 11) is 0. The van der Waals surface area contributed by atoms with E-state index in [1.807, 2.05) is 0 Å². The zero-order valence-electron chi connectivity index (χ0n) is 10.0. The molecule has 0 radical (unpaired) electrons. The summed E-state index contributed by atoms with van der Waals surface area (Å²) in [6, 6.07) is 0.0707. The van der Waals surface area contributed by atoms with Crippen molar-refractivity contribution in [1.29, 1.82) is 0 Å². The van der Waals surface area contributed by atoms with Gasteiger partial charge in [0.1, 0.15) is 0 Å². The summed E-state index contributed by atoms with van der Waals surface area (Å²) < 4.78 is 0. The predicted octanol–water partition coefficient (Wildman–Crippen LogP) is 0.341. The molecule has 1 amide bonds. The number of nitrogens with one attached hydrogen (secondary N) is 2.